The third kappa shape index (κ3) is 4.63. The van der Waals surface area contributed by atoms with Crippen molar-refractivity contribution < 1.29 is 9.18 Å². The minimum atomic E-state index is -0.292. The van der Waals surface area contributed by atoms with Gasteiger partial charge in [0.25, 0.3) is 0 Å². The van der Waals surface area contributed by atoms with E-state index in [-0.39, 0.29) is 17.0 Å². The molecule has 0 aliphatic carbocycles. The van der Waals surface area contributed by atoms with Crippen molar-refractivity contribution >= 4 is 29.1 Å². The Morgan fingerprint density at radius 2 is 1.93 bits per heavy atom. The Kier molecular flexibility index (Phi) is 6.06. The Morgan fingerprint density at radius 1 is 1.19 bits per heavy atom. The van der Waals surface area contributed by atoms with Crippen LogP contribution in [0.1, 0.15) is 35.6 Å². The molecule has 0 saturated carbocycles. The van der Waals surface area contributed by atoms with E-state index in [1.807, 2.05) is 32.9 Å². The number of amides is 1. The van der Waals surface area contributed by atoms with E-state index in [4.69, 9.17) is 0 Å². The number of halogens is 1. The molecule has 1 saturated heterocycles. The van der Waals surface area contributed by atoms with Crippen LogP contribution in [-0.4, -0.2) is 27.4 Å². The molecule has 1 heterocycles. The molecule has 1 fully saturated rings. The number of thioether (sulfide) groups is 1. The van der Waals surface area contributed by atoms with Crippen LogP contribution in [0.4, 0.5) is 4.39 Å². The second kappa shape index (κ2) is 8.48. The Balaban J connectivity index is 1.81. The zero-order chi connectivity index (χ0) is 19.4. The summed E-state index contributed by atoms with van der Waals surface area (Å²) in [5, 5.41) is 8.95. The molecule has 3 rings (SSSR count). The second-order valence-electron chi connectivity index (χ2n) is 6.55. The molecule has 1 aliphatic heterocycles. The summed E-state index contributed by atoms with van der Waals surface area (Å²) in [6.45, 7) is 6.42. The maximum atomic E-state index is 13.1. The van der Waals surface area contributed by atoms with Crippen LogP contribution in [-0.2, 0) is 11.3 Å². The fourth-order valence-corrected chi connectivity index (χ4v) is 3.90. The van der Waals surface area contributed by atoms with E-state index in [0.29, 0.717) is 11.7 Å². The van der Waals surface area contributed by atoms with Crippen molar-refractivity contribution in [3.05, 3.63) is 70.5 Å². The van der Waals surface area contributed by atoms with Gasteiger partial charge in [0, 0.05) is 0 Å². The first kappa shape index (κ1) is 19.3. The Hall–Kier alpha value is -2.47. The van der Waals surface area contributed by atoms with Gasteiger partial charge in [-0.2, -0.15) is 5.10 Å². The summed E-state index contributed by atoms with van der Waals surface area (Å²) in [5.74, 6) is -0.272. The van der Waals surface area contributed by atoms with E-state index in [1.165, 1.54) is 29.5 Å². The highest BCUT2D eigenvalue weighted by Gasteiger charge is 2.36. The monoisotopic (exact) mass is 383 g/mol. The molecule has 0 aromatic heterocycles. The first-order valence-corrected chi connectivity index (χ1v) is 9.76. The average Bonchev–Trinajstić information content (AvgIpc) is 2.94. The number of aryl methyl sites for hydroxylation is 2. The number of benzene rings is 2. The summed E-state index contributed by atoms with van der Waals surface area (Å²) in [6.07, 6.45) is 2.44. The number of hydrogen-bond donors (Lipinski definition) is 0. The van der Waals surface area contributed by atoms with Crippen LogP contribution in [0.2, 0.25) is 0 Å². The Bertz CT molecular complexity index is 893. The first-order valence-electron chi connectivity index (χ1n) is 8.88. The van der Waals surface area contributed by atoms with Gasteiger partial charge >= 0.3 is 0 Å². The number of amidine groups is 1. The fourth-order valence-electron chi connectivity index (χ4n) is 2.87. The molecule has 2 aromatic rings. The number of rotatable bonds is 5. The number of carbonyl (C=O) groups excluding carboxylic acids is 1. The van der Waals surface area contributed by atoms with Crippen LogP contribution in [0, 0.1) is 19.7 Å². The zero-order valence-corrected chi connectivity index (χ0v) is 16.5. The van der Waals surface area contributed by atoms with E-state index in [1.54, 1.807) is 23.2 Å². The summed E-state index contributed by atoms with van der Waals surface area (Å²) < 4.78 is 13.1. The van der Waals surface area contributed by atoms with Gasteiger partial charge in [-0.3, -0.25) is 9.69 Å². The SMILES string of the molecule is CC[C@H]1S/C(=N/N=C\c2ccc(C)cc2C)N(Cc2ccc(F)cc2)C1=O. The first-order chi connectivity index (χ1) is 13.0. The van der Waals surface area contributed by atoms with E-state index < -0.39 is 0 Å². The van der Waals surface area contributed by atoms with Crippen molar-refractivity contribution in [2.45, 2.75) is 39.0 Å². The predicted molar refractivity (Wildman–Crippen MR) is 110 cm³/mol. The van der Waals surface area contributed by atoms with Crippen LogP contribution in [0.3, 0.4) is 0 Å². The molecule has 6 heteroatoms. The third-order valence-corrected chi connectivity index (χ3v) is 5.74. The van der Waals surface area contributed by atoms with Crippen molar-refractivity contribution in [3.8, 4) is 0 Å². The lowest BCUT2D eigenvalue weighted by Gasteiger charge is -2.15. The van der Waals surface area contributed by atoms with E-state index >= 15 is 0 Å². The summed E-state index contributed by atoms with van der Waals surface area (Å²) in [5.41, 5.74) is 4.18. The molecular formula is C21H22FN3OS. The minimum Gasteiger partial charge on any atom is -0.284 e. The lowest BCUT2D eigenvalue weighted by Crippen LogP contribution is -2.31. The van der Waals surface area contributed by atoms with Gasteiger partial charge < -0.3 is 0 Å². The second-order valence-corrected chi connectivity index (χ2v) is 7.72. The third-order valence-electron chi connectivity index (χ3n) is 4.41. The smallest absolute Gasteiger partial charge is 0.242 e. The van der Waals surface area contributed by atoms with Gasteiger partial charge in [0.2, 0.25) is 5.91 Å². The van der Waals surface area contributed by atoms with Crippen LogP contribution < -0.4 is 0 Å². The standard InChI is InChI=1S/C21H22FN3OS/c1-4-19-20(26)25(13-16-6-9-18(22)10-7-16)21(27-19)24-23-12-17-8-5-14(2)11-15(17)3/h5-12,19H,4,13H2,1-3H3/b23-12-,24-21+/t19-/m1/s1. The van der Waals surface area contributed by atoms with Crippen LogP contribution in [0.25, 0.3) is 0 Å². The number of carbonyl (C=O) groups is 1. The highest BCUT2D eigenvalue weighted by Crippen LogP contribution is 2.30. The lowest BCUT2D eigenvalue weighted by atomic mass is 10.1. The predicted octanol–water partition coefficient (Wildman–Crippen LogP) is 4.69. The van der Waals surface area contributed by atoms with Gasteiger partial charge in [0.15, 0.2) is 5.17 Å². The Morgan fingerprint density at radius 3 is 2.59 bits per heavy atom. The lowest BCUT2D eigenvalue weighted by molar-refractivity contribution is -0.126. The maximum absolute atomic E-state index is 13.1. The quantitative estimate of drug-likeness (QED) is 0.556. The largest absolute Gasteiger partial charge is 0.284 e. The van der Waals surface area contributed by atoms with Crippen LogP contribution in [0.15, 0.2) is 52.7 Å². The van der Waals surface area contributed by atoms with Crippen molar-refractivity contribution in [2.24, 2.45) is 10.2 Å². The molecule has 1 amide bonds. The van der Waals surface area contributed by atoms with Crippen molar-refractivity contribution in [1.29, 1.82) is 0 Å². The summed E-state index contributed by atoms with van der Waals surface area (Å²) in [6, 6.07) is 12.3. The molecule has 0 spiro atoms. The molecular weight excluding hydrogens is 361 g/mol. The van der Waals surface area contributed by atoms with Crippen LogP contribution >= 0.6 is 11.8 Å². The van der Waals surface area contributed by atoms with Gasteiger partial charge in [-0.15, -0.1) is 5.10 Å². The summed E-state index contributed by atoms with van der Waals surface area (Å²) in [7, 11) is 0. The molecule has 0 N–H and O–H groups in total. The molecule has 2 aromatic carbocycles. The molecule has 0 unspecified atom stereocenters. The number of nitrogens with zero attached hydrogens (tertiary/aromatic N) is 3. The molecule has 0 bridgehead atoms. The van der Waals surface area contributed by atoms with Gasteiger partial charge in [0.1, 0.15) is 5.82 Å². The van der Waals surface area contributed by atoms with E-state index in [0.717, 1.165) is 23.1 Å². The molecule has 4 nitrogen and oxygen atoms in total. The van der Waals surface area contributed by atoms with Crippen molar-refractivity contribution in [2.75, 3.05) is 0 Å². The number of hydrogen-bond acceptors (Lipinski definition) is 4. The normalized spacial score (nSPS) is 18.8. The van der Waals surface area contributed by atoms with Gasteiger partial charge in [0.05, 0.1) is 18.0 Å². The van der Waals surface area contributed by atoms with E-state index in [9.17, 15) is 9.18 Å². The van der Waals surface area contributed by atoms with Gasteiger partial charge in [-0.05, 0) is 49.1 Å². The van der Waals surface area contributed by atoms with Crippen molar-refractivity contribution in [3.63, 3.8) is 0 Å². The minimum absolute atomic E-state index is 0.0206. The summed E-state index contributed by atoms with van der Waals surface area (Å²) in [4.78, 5) is 14.3. The van der Waals surface area contributed by atoms with Gasteiger partial charge in [-0.1, -0.05) is 54.6 Å². The average molecular weight is 383 g/mol. The molecule has 1 aliphatic rings. The molecule has 27 heavy (non-hydrogen) atoms. The van der Waals surface area contributed by atoms with Gasteiger partial charge in [-0.25, -0.2) is 4.39 Å². The van der Waals surface area contributed by atoms with E-state index in [2.05, 4.69) is 16.3 Å². The Labute approximate surface area is 163 Å². The highest BCUT2D eigenvalue weighted by atomic mass is 32.2. The fraction of sp³-hybridized carbons (Fsp3) is 0.286. The summed E-state index contributed by atoms with van der Waals surface area (Å²) >= 11 is 1.43. The molecule has 140 valence electrons. The molecule has 1 atom stereocenters. The van der Waals surface area contributed by atoms with Crippen LogP contribution in [0.5, 0.6) is 0 Å². The maximum Gasteiger partial charge on any atom is 0.242 e. The molecule has 0 radical (unpaired) electrons. The zero-order valence-electron chi connectivity index (χ0n) is 15.6. The highest BCUT2D eigenvalue weighted by molar-refractivity contribution is 8.15. The topological polar surface area (TPSA) is 45.0 Å². The van der Waals surface area contributed by atoms with Crippen molar-refractivity contribution in [1.82, 2.24) is 4.90 Å².